The molecule has 0 radical (unpaired) electrons. The molecule has 0 aliphatic carbocycles. The number of carbonyl (C=O) groups excluding carboxylic acids is 1. The second-order valence-electron chi connectivity index (χ2n) is 5.76. The van der Waals surface area contributed by atoms with E-state index < -0.39 is 0 Å². The number of ether oxygens (including phenoxy) is 3. The topological polar surface area (TPSA) is 56.8 Å². The van der Waals surface area contributed by atoms with Crippen LogP contribution >= 0.6 is 15.9 Å². The van der Waals surface area contributed by atoms with Crippen LogP contribution in [0.4, 0.5) is 5.69 Å². The zero-order valence-corrected chi connectivity index (χ0v) is 17.3. The van der Waals surface area contributed by atoms with Gasteiger partial charge in [0, 0.05) is 6.08 Å². The van der Waals surface area contributed by atoms with Gasteiger partial charge in [-0.15, -0.1) is 0 Å². The smallest absolute Gasteiger partial charge is 0.248 e. The number of methoxy groups -OCH3 is 2. The van der Waals surface area contributed by atoms with E-state index in [4.69, 9.17) is 14.2 Å². The van der Waals surface area contributed by atoms with Crippen molar-refractivity contribution in [3.05, 3.63) is 52.5 Å². The van der Waals surface area contributed by atoms with Crippen molar-refractivity contribution in [2.75, 3.05) is 26.1 Å². The maximum Gasteiger partial charge on any atom is 0.248 e. The average Bonchev–Trinajstić information content (AvgIpc) is 2.67. The van der Waals surface area contributed by atoms with Gasteiger partial charge < -0.3 is 19.5 Å². The molecule has 27 heavy (non-hydrogen) atoms. The van der Waals surface area contributed by atoms with Crippen LogP contribution in [0.25, 0.3) is 6.08 Å². The Morgan fingerprint density at radius 2 is 1.93 bits per heavy atom. The van der Waals surface area contributed by atoms with Gasteiger partial charge in [-0.05, 0) is 58.3 Å². The number of nitrogens with one attached hydrogen (secondary N) is 1. The molecule has 1 N–H and O–H groups in total. The lowest BCUT2D eigenvalue weighted by molar-refractivity contribution is -0.111. The minimum Gasteiger partial charge on any atom is -0.493 e. The lowest BCUT2D eigenvalue weighted by Crippen LogP contribution is -2.09. The normalized spacial score (nSPS) is 10.7. The Bertz CT molecular complexity index is 805. The standard InChI is InChI=1S/C21H24BrNO4/c1-4-5-12-27-18-9-7-6-8-17(18)23-20(24)11-10-15-13-16(22)21(26-3)19(14-15)25-2/h6-11,13-14H,4-5,12H2,1-3H3,(H,23,24)/b11-10+. The average molecular weight is 434 g/mol. The number of amides is 1. The van der Waals surface area contributed by atoms with E-state index in [-0.39, 0.29) is 5.91 Å². The molecule has 0 unspecified atom stereocenters. The third kappa shape index (κ3) is 6.03. The molecule has 0 fully saturated rings. The fourth-order valence-electron chi connectivity index (χ4n) is 2.40. The molecule has 0 atom stereocenters. The van der Waals surface area contributed by atoms with Crippen molar-refractivity contribution in [3.8, 4) is 17.2 Å². The Morgan fingerprint density at radius 1 is 1.15 bits per heavy atom. The highest BCUT2D eigenvalue weighted by molar-refractivity contribution is 9.10. The highest BCUT2D eigenvalue weighted by Gasteiger charge is 2.10. The van der Waals surface area contributed by atoms with E-state index in [9.17, 15) is 4.79 Å². The molecular formula is C21H24BrNO4. The molecule has 5 nitrogen and oxygen atoms in total. The van der Waals surface area contributed by atoms with Gasteiger partial charge in [-0.25, -0.2) is 0 Å². The Labute approximate surface area is 168 Å². The van der Waals surface area contributed by atoms with Crippen LogP contribution in [0, 0.1) is 0 Å². The molecule has 0 aromatic heterocycles. The highest BCUT2D eigenvalue weighted by atomic mass is 79.9. The van der Waals surface area contributed by atoms with Crippen molar-refractivity contribution in [2.24, 2.45) is 0 Å². The van der Waals surface area contributed by atoms with Gasteiger partial charge in [-0.2, -0.15) is 0 Å². The van der Waals surface area contributed by atoms with Crippen molar-refractivity contribution in [3.63, 3.8) is 0 Å². The van der Waals surface area contributed by atoms with Gasteiger partial charge in [0.2, 0.25) is 5.91 Å². The summed E-state index contributed by atoms with van der Waals surface area (Å²) in [5.74, 6) is 1.62. The number of rotatable bonds is 9. The van der Waals surface area contributed by atoms with E-state index in [1.807, 2.05) is 30.3 Å². The molecule has 6 heteroatoms. The first-order valence-corrected chi connectivity index (χ1v) is 9.50. The second kappa shape index (κ2) is 10.6. The summed E-state index contributed by atoms with van der Waals surface area (Å²) in [4.78, 5) is 12.3. The molecule has 0 spiro atoms. The molecule has 144 valence electrons. The lowest BCUT2D eigenvalue weighted by Gasteiger charge is -2.11. The Balaban J connectivity index is 2.09. The van der Waals surface area contributed by atoms with Crippen LogP contribution in [0.2, 0.25) is 0 Å². The van der Waals surface area contributed by atoms with Gasteiger partial charge in [0.05, 0.1) is 31.0 Å². The predicted molar refractivity (Wildman–Crippen MR) is 112 cm³/mol. The molecule has 0 heterocycles. The fourth-order valence-corrected chi connectivity index (χ4v) is 3.02. The van der Waals surface area contributed by atoms with Gasteiger partial charge in [-0.3, -0.25) is 4.79 Å². The van der Waals surface area contributed by atoms with Crippen molar-refractivity contribution >= 4 is 33.6 Å². The molecular weight excluding hydrogens is 410 g/mol. The Morgan fingerprint density at radius 3 is 2.63 bits per heavy atom. The lowest BCUT2D eigenvalue weighted by atomic mass is 10.2. The minimum absolute atomic E-state index is 0.243. The van der Waals surface area contributed by atoms with Gasteiger partial charge in [0.25, 0.3) is 0 Å². The number of unbranched alkanes of at least 4 members (excludes halogenated alkanes) is 1. The number of benzene rings is 2. The van der Waals surface area contributed by atoms with E-state index in [2.05, 4.69) is 28.2 Å². The molecule has 0 saturated carbocycles. The van der Waals surface area contributed by atoms with Gasteiger partial charge in [-0.1, -0.05) is 25.5 Å². The van der Waals surface area contributed by atoms with Crippen LogP contribution in [-0.4, -0.2) is 26.7 Å². The summed E-state index contributed by atoms with van der Waals surface area (Å²) >= 11 is 3.44. The van der Waals surface area contributed by atoms with Crippen molar-refractivity contribution in [2.45, 2.75) is 19.8 Å². The summed E-state index contributed by atoms with van der Waals surface area (Å²) in [6.45, 7) is 2.73. The molecule has 2 aromatic rings. The predicted octanol–water partition coefficient (Wildman–Crippen LogP) is 5.30. The fraction of sp³-hybridized carbons (Fsp3) is 0.286. The number of hydrogen-bond donors (Lipinski definition) is 1. The third-order valence-corrected chi connectivity index (χ3v) is 4.37. The van der Waals surface area contributed by atoms with Crippen molar-refractivity contribution in [1.82, 2.24) is 0 Å². The first kappa shape index (κ1) is 20.8. The molecule has 2 aromatic carbocycles. The minimum atomic E-state index is -0.243. The number of hydrogen-bond acceptors (Lipinski definition) is 4. The largest absolute Gasteiger partial charge is 0.493 e. The number of carbonyl (C=O) groups is 1. The maximum absolute atomic E-state index is 12.3. The van der Waals surface area contributed by atoms with Crippen molar-refractivity contribution in [1.29, 1.82) is 0 Å². The van der Waals surface area contributed by atoms with E-state index in [1.165, 1.54) is 6.08 Å². The Kier molecular flexibility index (Phi) is 8.20. The zero-order chi connectivity index (χ0) is 19.6. The monoisotopic (exact) mass is 433 g/mol. The number of halogens is 1. The van der Waals surface area contributed by atoms with Crippen LogP contribution in [-0.2, 0) is 4.79 Å². The summed E-state index contributed by atoms with van der Waals surface area (Å²) in [5, 5.41) is 2.86. The Hall–Kier alpha value is -2.47. The van der Waals surface area contributed by atoms with Gasteiger partial charge in [0.1, 0.15) is 5.75 Å². The first-order valence-electron chi connectivity index (χ1n) is 8.71. The molecule has 0 aliphatic heterocycles. The van der Waals surface area contributed by atoms with Crippen LogP contribution in [0.15, 0.2) is 46.9 Å². The second-order valence-corrected chi connectivity index (χ2v) is 6.61. The van der Waals surface area contributed by atoms with E-state index in [1.54, 1.807) is 26.4 Å². The van der Waals surface area contributed by atoms with Gasteiger partial charge >= 0.3 is 0 Å². The molecule has 2 rings (SSSR count). The van der Waals surface area contributed by atoms with Gasteiger partial charge in [0.15, 0.2) is 11.5 Å². The van der Waals surface area contributed by atoms with E-state index in [0.29, 0.717) is 29.5 Å². The van der Waals surface area contributed by atoms with Crippen LogP contribution in [0.1, 0.15) is 25.3 Å². The summed E-state index contributed by atoms with van der Waals surface area (Å²) in [6, 6.07) is 11.1. The van der Waals surface area contributed by atoms with Crippen molar-refractivity contribution < 1.29 is 19.0 Å². The molecule has 0 aliphatic rings. The quantitative estimate of drug-likeness (QED) is 0.430. The van der Waals surface area contributed by atoms with Crippen LogP contribution < -0.4 is 19.5 Å². The molecule has 0 bridgehead atoms. The SMILES string of the molecule is CCCCOc1ccccc1NC(=O)/C=C/c1cc(Br)c(OC)c(OC)c1. The molecule has 1 amide bonds. The summed E-state index contributed by atoms with van der Waals surface area (Å²) in [5.41, 5.74) is 1.46. The van der Waals surface area contributed by atoms with Crippen LogP contribution in [0.5, 0.6) is 17.2 Å². The summed E-state index contributed by atoms with van der Waals surface area (Å²) in [7, 11) is 3.14. The highest BCUT2D eigenvalue weighted by Crippen LogP contribution is 2.36. The number of para-hydroxylation sites is 2. The molecule has 0 saturated heterocycles. The summed E-state index contributed by atoms with van der Waals surface area (Å²) in [6.07, 6.45) is 5.20. The van der Waals surface area contributed by atoms with E-state index >= 15 is 0 Å². The number of anilines is 1. The van der Waals surface area contributed by atoms with E-state index in [0.717, 1.165) is 22.9 Å². The first-order chi connectivity index (χ1) is 13.1. The summed E-state index contributed by atoms with van der Waals surface area (Å²) < 4.78 is 17.1. The third-order valence-electron chi connectivity index (χ3n) is 3.78. The zero-order valence-electron chi connectivity index (χ0n) is 15.8. The maximum atomic E-state index is 12.3. The van der Waals surface area contributed by atoms with Crippen LogP contribution in [0.3, 0.4) is 0 Å².